The fourth-order valence-electron chi connectivity index (χ4n) is 1.47. The van der Waals surface area contributed by atoms with Gasteiger partial charge in [0, 0.05) is 12.6 Å². The van der Waals surface area contributed by atoms with E-state index < -0.39 is 16.8 Å². The summed E-state index contributed by atoms with van der Waals surface area (Å²) in [6.07, 6.45) is 1.21. The average Bonchev–Trinajstić information content (AvgIpc) is 2.33. The third-order valence-corrected chi connectivity index (χ3v) is 2.64. The van der Waals surface area contributed by atoms with Crippen LogP contribution in [0.15, 0.2) is 12.1 Å². The van der Waals surface area contributed by atoms with Crippen molar-refractivity contribution in [3.8, 4) is 0 Å². The van der Waals surface area contributed by atoms with Crippen molar-refractivity contribution in [3.63, 3.8) is 0 Å². The molecule has 19 heavy (non-hydrogen) atoms. The summed E-state index contributed by atoms with van der Waals surface area (Å²) in [5.41, 5.74) is 5.21. The quantitative estimate of drug-likeness (QED) is 0.387. The van der Waals surface area contributed by atoms with E-state index >= 15 is 0 Å². The SMILES string of the molecule is CC(CCCNc1ccc([N+](=O)[O-])c(N)n1)C(=O)O. The van der Waals surface area contributed by atoms with Crippen LogP contribution < -0.4 is 11.1 Å². The van der Waals surface area contributed by atoms with E-state index in [1.165, 1.54) is 12.1 Å². The molecule has 0 bridgehead atoms. The lowest BCUT2D eigenvalue weighted by Crippen LogP contribution is -2.12. The van der Waals surface area contributed by atoms with Crippen molar-refractivity contribution in [1.29, 1.82) is 0 Å². The summed E-state index contributed by atoms with van der Waals surface area (Å²) in [5, 5.41) is 22.2. The number of nitrogens with zero attached hydrogens (tertiary/aromatic N) is 2. The molecule has 1 rings (SSSR count). The number of carbonyl (C=O) groups is 1. The van der Waals surface area contributed by atoms with E-state index in [0.717, 1.165) is 0 Å². The first-order valence-corrected chi connectivity index (χ1v) is 5.79. The third-order valence-electron chi connectivity index (χ3n) is 2.64. The number of nitrogen functional groups attached to an aromatic ring is 1. The van der Waals surface area contributed by atoms with Crippen molar-refractivity contribution in [1.82, 2.24) is 4.98 Å². The summed E-state index contributed by atoms with van der Waals surface area (Å²) < 4.78 is 0. The first kappa shape index (κ1) is 14.7. The van der Waals surface area contributed by atoms with Gasteiger partial charge in [0.15, 0.2) is 0 Å². The molecule has 8 heteroatoms. The molecule has 0 fully saturated rings. The molecule has 104 valence electrons. The molecule has 1 aromatic heterocycles. The molecule has 0 aliphatic rings. The fourth-order valence-corrected chi connectivity index (χ4v) is 1.47. The van der Waals surface area contributed by atoms with Crippen LogP contribution in [0.5, 0.6) is 0 Å². The summed E-state index contributed by atoms with van der Waals surface area (Å²) in [4.78, 5) is 24.4. The number of nitrogens with one attached hydrogen (secondary N) is 1. The molecule has 0 amide bonds. The van der Waals surface area contributed by atoms with E-state index in [2.05, 4.69) is 10.3 Å². The molecule has 1 unspecified atom stereocenters. The Balaban J connectivity index is 2.44. The van der Waals surface area contributed by atoms with Crippen LogP contribution in [-0.2, 0) is 4.79 Å². The maximum Gasteiger partial charge on any atom is 0.311 e. The van der Waals surface area contributed by atoms with Gasteiger partial charge < -0.3 is 16.2 Å². The van der Waals surface area contributed by atoms with Crippen LogP contribution >= 0.6 is 0 Å². The molecule has 1 heterocycles. The Kier molecular flexibility index (Phi) is 5.04. The fraction of sp³-hybridized carbons (Fsp3) is 0.455. The predicted molar refractivity (Wildman–Crippen MR) is 69.8 cm³/mol. The van der Waals surface area contributed by atoms with Crippen LogP contribution in [0.4, 0.5) is 17.3 Å². The van der Waals surface area contributed by atoms with E-state index in [1.54, 1.807) is 6.92 Å². The summed E-state index contributed by atoms with van der Waals surface area (Å²) in [6, 6.07) is 2.75. The number of anilines is 2. The Labute approximate surface area is 109 Å². The summed E-state index contributed by atoms with van der Waals surface area (Å²) in [5.74, 6) is -0.922. The lowest BCUT2D eigenvalue weighted by molar-refractivity contribution is -0.384. The largest absolute Gasteiger partial charge is 0.481 e. The van der Waals surface area contributed by atoms with Gasteiger partial charge in [-0.1, -0.05) is 6.92 Å². The van der Waals surface area contributed by atoms with Gasteiger partial charge in [0.05, 0.1) is 10.8 Å². The van der Waals surface area contributed by atoms with Crippen molar-refractivity contribution < 1.29 is 14.8 Å². The molecule has 8 nitrogen and oxygen atoms in total. The Bertz CT molecular complexity index is 478. The second-order valence-corrected chi connectivity index (χ2v) is 4.17. The molecular weight excluding hydrogens is 252 g/mol. The lowest BCUT2D eigenvalue weighted by Gasteiger charge is -2.08. The number of rotatable bonds is 7. The zero-order valence-corrected chi connectivity index (χ0v) is 10.5. The maximum absolute atomic E-state index is 10.6. The minimum atomic E-state index is -0.822. The van der Waals surface area contributed by atoms with Crippen LogP contribution in [0, 0.1) is 16.0 Å². The first-order valence-electron chi connectivity index (χ1n) is 5.79. The molecule has 4 N–H and O–H groups in total. The highest BCUT2D eigenvalue weighted by atomic mass is 16.6. The number of carboxylic acids is 1. The summed E-state index contributed by atoms with van der Waals surface area (Å²) in [7, 11) is 0. The first-order chi connectivity index (χ1) is 8.91. The van der Waals surface area contributed by atoms with Gasteiger partial charge in [-0.15, -0.1) is 0 Å². The number of nitrogens with two attached hydrogens (primary N) is 1. The van der Waals surface area contributed by atoms with Gasteiger partial charge in [0.2, 0.25) is 5.82 Å². The third kappa shape index (κ3) is 4.41. The van der Waals surface area contributed by atoms with Crippen LogP contribution in [0.1, 0.15) is 19.8 Å². The van der Waals surface area contributed by atoms with Gasteiger partial charge in [-0.3, -0.25) is 14.9 Å². The highest BCUT2D eigenvalue weighted by molar-refractivity contribution is 5.69. The molecule has 0 spiro atoms. The van der Waals surface area contributed by atoms with E-state index in [-0.39, 0.29) is 11.5 Å². The van der Waals surface area contributed by atoms with Gasteiger partial charge in [-0.05, 0) is 18.9 Å². The number of hydrogen-bond acceptors (Lipinski definition) is 6. The monoisotopic (exact) mass is 268 g/mol. The summed E-state index contributed by atoms with van der Waals surface area (Å²) >= 11 is 0. The van der Waals surface area contributed by atoms with Gasteiger partial charge in [0.1, 0.15) is 5.82 Å². The highest BCUT2D eigenvalue weighted by Gasteiger charge is 2.13. The molecule has 0 radical (unpaired) electrons. The normalized spacial score (nSPS) is 11.8. The molecule has 0 saturated heterocycles. The maximum atomic E-state index is 10.6. The van der Waals surface area contributed by atoms with E-state index in [1.807, 2.05) is 0 Å². The van der Waals surface area contributed by atoms with Crippen molar-refractivity contribution in [2.75, 3.05) is 17.6 Å². The number of pyridine rings is 1. The van der Waals surface area contributed by atoms with Crippen molar-refractivity contribution in [2.45, 2.75) is 19.8 Å². The average molecular weight is 268 g/mol. The second-order valence-electron chi connectivity index (χ2n) is 4.17. The molecular formula is C11H16N4O4. The minimum absolute atomic E-state index is 0.145. The van der Waals surface area contributed by atoms with Crippen LogP contribution in [0.25, 0.3) is 0 Å². The number of aliphatic carboxylic acids is 1. The predicted octanol–water partition coefficient (Wildman–Crippen LogP) is 1.48. The van der Waals surface area contributed by atoms with Gasteiger partial charge in [-0.25, -0.2) is 4.98 Å². The van der Waals surface area contributed by atoms with Gasteiger partial charge in [0.25, 0.3) is 0 Å². The smallest absolute Gasteiger partial charge is 0.311 e. The van der Waals surface area contributed by atoms with Crippen LogP contribution in [0.2, 0.25) is 0 Å². The molecule has 1 aromatic rings. The van der Waals surface area contributed by atoms with Crippen molar-refractivity contribution >= 4 is 23.3 Å². The molecule has 0 saturated carbocycles. The Hall–Kier alpha value is -2.38. The Morgan fingerprint density at radius 3 is 2.84 bits per heavy atom. The van der Waals surface area contributed by atoms with Crippen LogP contribution in [0.3, 0.4) is 0 Å². The van der Waals surface area contributed by atoms with Crippen molar-refractivity contribution in [2.24, 2.45) is 5.92 Å². The molecule has 0 aliphatic carbocycles. The van der Waals surface area contributed by atoms with E-state index in [4.69, 9.17) is 10.8 Å². The van der Waals surface area contributed by atoms with Gasteiger partial charge in [-0.2, -0.15) is 0 Å². The van der Waals surface area contributed by atoms with Gasteiger partial charge >= 0.3 is 11.7 Å². The highest BCUT2D eigenvalue weighted by Crippen LogP contribution is 2.20. The van der Waals surface area contributed by atoms with Crippen molar-refractivity contribution in [3.05, 3.63) is 22.2 Å². The Morgan fingerprint density at radius 2 is 2.32 bits per heavy atom. The standard InChI is InChI=1S/C11H16N4O4/c1-7(11(16)17)3-2-6-13-9-5-4-8(15(18)19)10(12)14-9/h4-5,7H,2-3,6H2,1H3,(H,16,17)(H3,12,13,14). The number of hydrogen-bond donors (Lipinski definition) is 3. The summed E-state index contributed by atoms with van der Waals surface area (Å²) in [6.45, 7) is 2.17. The number of aromatic nitrogens is 1. The van der Waals surface area contributed by atoms with E-state index in [9.17, 15) is 14.9 Å². The van der Waals surface area contributed by atoms with Crippen LogP contribution in [-0.4, -0.2) is 27.5 Å². The van der Waals surface area contributed by atoms with E-state index in [0.29, 0.717) is 25.2 Å². The number of carboxylic acid groups (broad SMARTS) is 1. The second kappa shape index (κ2) is 6.53. The lowest BCUT2D eigenvalue weighted by atomic mass is 10.1. The molecule has 1 atom stereocenters. The minimum Gasteiger partial charge on any atom is -0.481 e. The number of nitro groups is 1. The topological polar surface area (TPSA) is 131 Å². The molecule has 0 aromatic carbocycles. The zero-order valence-electron chi connectivity index (χ0n) is 10.5. The Morgan fingerprint density at radius 1 is 1.63 bits per heavy atom. The molecule has 0 aliphatic heterocycles. The zero-order chi connectivity index (χ0) is 14.4.